The van der Waals surface area contributed by atoms with Crippen LogP contribution in [0.2, 0.25) is 0 Å². The quantitative estimate of drug-likeness (QED) is 0.469. The molecule has 6 atom stereocenters. The van der Waals surface area contributed by atoms with Crippen LogP contribution in [-0.4, -0.2) is 52.8 Å². The van der Waals surface area contributed by atoms with E-state index in [1.807, 2.05) is 0 Å². The zero-order valence-electron chi connectivity index (χ0n) is 18.5. The first-order valence-corrected chi connectivity index (χ1v) is 11.6. The highest BCUT2D eigenvalue weighted by Gasteiger charge is 2.44. The summed E-state index contributed by atoms with van der Waals surface area (Å²) in [5, 5.41) is 29.7. The molecule has 1 aromatic carbocycles. The summed E-state index contributed by atoms with van der Waals surface area (Å²) in [7, 11) is 0. The predicted octanol–water partition coefficient (Wildman–Crippen LogP) is 4.27. The first-order valence-electron chi connectivity index (χ1n) is 11.6. The minimum atomic E-state index is -4.46. The van der Waals surface area contributed by atoms with E-state index in [0.717, 1.165) is 31.4 Å². The number of fused-ring (bicyclic) bond motifs is 1. The largest absolute Gasteiger partial charge is 0.491 e. The predicted molar refractivity (Wildman–Crippen MR) is 114 cm³/mol. The number of carboxylic acids is 1. The molecule has 9 heteroatoms. The summed E-state index contributed by atoms with van der Waals surface area (Å²) < 4.78 is 49.9. The van der Waals surface area contributed by atoms with Crippen LogP contribution in [0.1, 0.15) is 56.9 Å². The molecule has 1 aromatic rings. The van der Waals surface area contributed by atoms with Gasteiger partial charge in [0.2, 0.25) is 0 Å². The fraction of sp³-hybridized carbons (Fsp3) is 0.708. The summed E-state index contributed by atoms with van der Waals surface area (Å²) in [6.45, 7) is 0.452. The number of aliphatic carboxylic acids is 1. The molecule has 0 unspecified atom stereocenters. The highest BCUT2D eigenvalue weighted by molar-refractivity contribution is 5.66. The van der Waals surface area contributed by atoms with E-state index in [0.29, 0.717) is 38.2 Å². The lowest BCUT2D eigenvalue weighted by molar-refractivity contribution is -0.138. The fourth-order valence-electron chi connectivity index (χ4n) is 5.11. The first kappa shape index (κ1) is 25.8. The van der Waals surface area contributed by atoms with Gasteiger partial charge in [-0.05, 0) is 74.5 Å². The van der Waals surface area contributed by atoms with Crippen molar-refractivity contribution in [3.05, 3.63) is 29.8 Å². The molecule has 6 nitrogen and oxygen atoms in total. The lowest BCUT2D eigenvalue weighted by atomic mass is 9.84. The van der Waals surface area contributed by atoms with Gasteiger partial charge >= 0.3 is 12.1 Å². The van der Waals surface area contributed by atoms with Crippen LogP contribution < -0.4 is 4.74 Å². The van der Waals surface area contributed by atoms with Crippen LogP contribution in [-0.2, 0) is 15.7 Å². The van der Waals surface area contributed by atoms with Gasteiger partial charge in [-0.2, -0.15) is 13.2 Å². The maximum atomic E-state index is 12.8. The number of benzene rings is 1. The van der Waals surface area contributed by atoms with Crippen molar-refractivity contribution in [2.75, 3.05) is 13.2 Å². The van der Waals surface area contributed by atoms with E-state index in [2.05, 4.69) is 0 Å². The molecule has 1 heterocycles. The molecule has 0 spiro atoms. The third-order valence-electron chi connectivity index (χ3n) is 6.89. The van der Waals surface area contributed by atoms with E-state index in [-0.39, 0.29) is 36.7 Å². The molecular weight excluding hydrogens is 441 g/mol. The van der Waals surface area contributed by atoms with Crippen LogP contribution in [0, 0.1) is 17.8 Å². The van der Waals surface area contributed by atoms with Gasteiger partial charge in [0.05, 0.1) is 23.9 Å². The Kier molecular flexibility index (Phi) is 9.01. The second kappa shape index (κ2) is 11.5. The lowest BCUT2D eigenvalue weighted by Crippen LogP contribution is -2.25. The number of halogens is 3. The molecule has 3 N–H and O–H groups in total. The summed E-state index contributed by atoms with van der Waals surface area (Å²) in [6.07, 6.45) is -0.967. The van der Waals surface area contributed by atoms with Crippen molar-refractivity contribution in [3.8, 4) is 5.75 Å². The molecule has 1 saturated carbocycles. The van der Waals surface area contributed by atoms with Crippen molar-refractivity contribution in [1.82, 2.24) is 0 Å². The van der Waals surface area contributed by atoms with Gasteiger partial charge < -0.3 is 24.8 Å². The van der Waals surface area contributed by atoms with E-state index in [4.69, 9.17) is 14.6 Å². The van der Waals surface area contributed by atoms with Crippen molar-refractivity contribution in [3.63, 3.8) is 0 Å². The molecule has 33 heavy (non-hydrogen) atoms. The molecule has 1 saturated heterocycles. The molecule has 186 valence electrons. The van der Waals surface area contributed by atoms with Gasteiger partial charge in [-0.25, -0.2) is 0 Å². The lowest BCUT2D eigenvalue weighted by Gasteiger charge is -2.24. The highest BCUT2D eigenvalue weighted by Crippen LogP contribution is 2.43. The van der Waals surface area contributed by atoms with E-state index >= 15 is 0 Å². The van der Waals surface area contributed by atoms with Crippen molar-refractivity contribution in [1.29, 1.82) is 0 Å². The van der Waals surface area contributed by atoms with Gasteiger partial charge in [0.1, 0.15) is 12.4 Å². The number of hydrogen-bond donors (Lipinski definition) is 3. The number of carboxylic acid groups (broad SMARTS) is 1. The van der Waals surface area contributed by atoms with Gasteiger partial charge in [0.15, 0.2) is 0 Å². The molecule has 0 aromatic heterocycles. The van der Waals surface area contributed by atoms with Crippen LogP contribution in [0.3, 0.4) is 0 Å². The average molecular weight is 475 g/mol. The average Bonchev–Trinajstić information content (AvgIpc) is 2.91. The molecule has 3 rings (SSSR count). The standard InChI is InChI=1S/C24H33F3O6/c25-24(26,27)16-4-2-5-18(11-16)32-14-17(28)8-10-19-20-9-7-15(3-1-6-23(30)31)13-33-22(20)12-21(19)29/h2,4-5,11,15,17,19-22,28-29H,1,3,6-10,12-14H2,(H,30,31)/t15-,17-,19+,20+,21+,22-/m0/s1. The Hall–Kier alpha value is -1.84. The SMILES string of the molecule is O=C(O)CCC[C@H]1CC[C@@H]2[C@@H](CC[C@H](O)COc3cccc(C(F)(F)F)c3)[C@H](O)C[C@@H]2OC1. The Morgan fingerprint density at radius 2 is 2.03 bits per heavy atom. The maximum Gasteiger partial charge on any atom is 0.416 e. The maximum absolute atomic E-state index is 12.8. The van der Waals surface area contributed by atoms with Gasteiger partial charge in [-0.15, -0.1) is 0 Å². The summed E-state index contributed by atoms with van der Waals surface area (Å²) in [5.74, 6) is -0.257. The number of carbonyl (C=O) groups is 1. The Morgan fingerprint density at radius 3 is 2.76 bits per heavy atom. The van der Waals surface area contributed by atoms with Crippen LogP contribution in [0.4, 0.5) is 13.2 Å². The third kappa shape index (κ3) is 7.58. The van der Waals surface area contributed by atoms with Gasteiger partial charge in [-0.1, -0.05) is 6.07 Å². The monoisotopic (exact) mass is 474 g/mol. The number of rotatable bonds is 10. The number of alkyl halides is 3. The Bertz CT molecular complexity index is 771. The zero-order chi connectivity index (χ0) is 24.0. The summed E-state index contributed by atoms with van der Waals surface area (Å²) >= 11 is 0. The van der Waals surface area contributed by atoms with E-state index in [1.165, 1.54) is 12.1 Å². The third-order valence-corrected chi connectivity index (χ3v) is 6.89. The fourth-order valence-corrected chi connectivity index (χ4v) is 5.11. The second-order valence-electron chi connectivity index (χ2n) is 9.30. The van der Waals surface area contributed by atoms with E-state index < -0.39 is 29.9 Å². The Balaban J connectivity index is 1.45. The number of aliphatic hydroxyl groups is 2. The van der Waals surface area contributed by atoms with Crippen molar-refractivity contribution in [2.45, 2.75) is 75.9 Å². The molecular formula is C24H33F3O6. The Labute approximate surface area is 191 Å². The van der Waals surface area contributed by atoms with Crippen molar-refractivity contribution < 1.29 is 42.8 Å². The minimum Gasteiger partial charge on any atom is -0.491 e. The zero-order valence-corrected chi connectivity index (χ0v) is 18.5. The highest BCUT2D eigenvalue weighted by atomic mass is 19.4. The van der Waals surface area contributed by atoms with Gasteiger partial charge in [0.25, 0.3) is 0 Å². The van der Waals surface area contributed by atoms with E-state index in [1.54, 1.807) is 0 Å². The molecule has 0 radical (unpaired) electrons. The van der Waals surface area contributed by atoms with E-state index in [9.17, 15) is 28.2 Å². The van der Waals surface area contributed by atoms with Crippen molar-refractivity contribution >= 4 is 5.97 Å². The van der Waals surface area contributed by atoms with Crippen LogP contribution in [0.15, 0.2) is 24.3 Å². The minimum absolute atomic E-state index is 0.0176. The van der Waals surface area contributed by atoms with Gasteiger partial charge in [0, 0.05) is 19.4 Å². The molecule has 2 fully saturated rings. The summed E-state index contributed by atoms with van der Waals surface area (Å²) in [4.78, 5) is 10.7. The molecule has 0 amide bonds. The number of ether oxygens (including phenoxy) is 2. The Morgan fingerprint density at radius 1 is 1.24 bits per heavy atom. The normalized spacial score (nSPS) is 28.7. The van der Waals surface area contributed by atoms with Crippen LogP contribution in [0.5, 0.6) is 5.75 Å². The molecule has 2 aliphatic rings. The number of aliphatic hydroxyl groups excluding tert-OH is 2. The second-order valence-corrected chi connectivity index (χ2v) is 9.30. The van der Waals surface area contributed by atoms with Crippen molar-refractivity contribution in [2.24, 2.45) is 17.8 Å². The van der Waals surface area contributed by atoms with Crippen LogP contribution in [0.25, 0.3) is 0 Å². The number of hydrogen-bond acceptors (Lipinski definition) is 5. The smallest absolute Gasteiger partial charge is 0.416 e. The molecule has 0 bridgehead atoms. The van der Waals surface area contributed by atoms with Gasteiger partial charge in [-0.3, -0.25) is 4.79 Å². The summed E-state index contributed by atoms with van der Waals surface area (Å²) in [5.41, 5.74) is -0.802. The first-order chi connectivity index (χ1) is 15.6. The molecule has 1 aliphatic heterocycles. The topological polar surface area (TPSA) is 96.2 Å². The molecule has 1 aliphatic carbocycles. The van der Waals surface area contributed by atoms with Crippen LogP contribution >= 0.6 is 0 Å². The summed E-state index contributed by atoms with van der Waals surface area (Å²) in [6, 6.07) is 4.56.